The van der Waals surface area contributed by atoms with Gasteiger partial charge < -0.3 is 4.74 Å². The van der Waals surface area contributed by atoms with Gasteiger partial charge in [-0.2, -0.15) is 0 Å². The molecule has 0 fully saturated rings. The third-order valence-corrected chi connectivity index (χ3v) is 3.13. The summed E-state index contributed by atoms with van der Waals surface area (Å²) in [6, 6.07) is 20.0. The Morgan fingerprint density at radius 2 is 1.71 bits per heavy atom. The molecule has 2 aromatic carbocycles. The molecule has 1 aromatic heterocycles. The van der Waals surface area contributed by atoms with Crippen LogP contribution in [0.1, 0.15) is 5.56 Å². The SMILES string of the molecule is Fc1ccc(OCc2ccccc2)cc1-c1ccccn1. The van der Waals surface area contributed by atoms with E-state index in [1.54, 1.807) is 30.5 Å². The van der Waals surface area contributed by atoms with E-state index in [-0.39, 0.29) is 5.82 Å². The van der Waals surface area contributed by atoms with E-state index in [1.807, 2.05) is 36.4 Å². The molecule has 3 rings (SSSR count). The third kappa shape index (κ3) is 3.26. The van der Waals surface area contributed by atoms with Crippen molar-refractivity contribution in [3.05, 3.63) is 84.3 Å². The van der Waals surface area contributed by atoms with Crippen molar-refractivity contribution in [2.24, 2.45) is 0 Å². The van der Waals surface area contributed by atoms with Crippen LogP contribution in [0.4, 0.5) is 4.39 Å². The van der Waals surface area contributed by atoms with Crippen LogP contribution in [0.2, 0.25) is 0 Å². The highest BCUT2D eigenvalue weighted by Gasteiger charge is 2.08. The number of pyridine rings is 1. The van der Waals surface area contributed by atoms with E-state index >= 15 is 0 Å². The highest BCUT2D eigenvalue weighted by molar-refractivity contribution is 5.61. The summed E-state index contributed by atoms with van der Waals surface area (Å²) in [6.07, 6.45) is 1.65. The second kappa shape index (κ2) is 6.18. The quantitative estimate of drug-likeness (QED) is 0.703. The van der Waals surface area contributed by atoms with Gasteiger partial charge in [-0.3, -0.25) is 4.98 Å². The number of rotatable bonds is 4. The van der Waals surface area contributed by atoms with E-state index in [0.717, 1.165) is 5.56 Å². The fourth-order valence-corrected chi connectivity index (χ4v) is 2.05. The lowest BCUT2D eigenvalue weighted by Crippen LogP contribution is -1.96. The first kappa shape index (κ1) is 13.3. The number of nitrogens with zero attached hydrogens (tertiary/aromatic N) is 1. The standard InChI is InChI=1S/C18H14FNO/c19-17-10-9-15(21-13-14-6-2-1-3-7-14)12-16(17)18-8-4-5-11-20-18/h1-12H,13H2. The van der Waals surface area contributed by atoms with Crippen molar-refractivity contribution in [2.75, 3.05) is 0 Å². The van der Waals surface area contributed by atoms with E-state index in [9.17, 15) is 4.39 Å². The van der Waals surface area contributed by atoms with E-state index in [1.165, 1.54) is 6.07 Å². The van der Waals surface area contributed by atoms with Crippen LogP contribution < -0.4 is 4.74 Å². The Morgan fingerprint density at radius 3 is 2.48 bits per heavy atom. The van der Waals surface area contributed by atoms with Gasteiger partial charge in [-0.1, -0.05) is 36.4 Å². The third-order valence-electron chi connectivity index (χ3n) is 3.13. The van der Waals surface area contributed by atoms with Crippen molar-refractivity contribution in [2.45, 2.75) is 6.61 Å². The molecular formula is C18H14FNO. The Balaban J connectivity index is 1.81. The maximum absolute atomic E-state index is 13.9. The molecule has 0 aliphatic rings. The van der Waals surface area contributed by atoms with Crippen LogP contribution in [-0.2, 0) is 6.61 Å². The second-order valence-electron chi connectivity index (χ2n) is 4.63. The van der Waals surface area contributed by atoms with Gasteiger partial charge in [-0.25, -0.2) is 4.39 Å². The Bertz CT molecular complexity index is 714. The van der Waals surface area contributed by atoms with Crippen molar-refractivity contribution >= 4 is 0 Å². The summed E-state index contributed by atoms with van der Waals surface area (Å²) in [4.78, 5) is 4.17. The molecule has 0 aliphatic heterocycles. The van der Waals surface area contributed by atoms with Crippen molar-refractivity contribution in [3.63, 3.8) is 0 Å². The largest absolute Gasteiger partial charge is 0.489 e. The fraction of sp³-hybridized carbons (Fsp3) is 0.0556. The molecule has 104 valence electrons. The number of aromatic nitrogens is 1. The zero-order valence-corrected chi connectivity index (χ0v) is 11.4. The summed E-state index contributed by atoms with van der Waals surface area (Å²) in [7, 11) is 0. The van der Waals surface area contributed by atoms with Gasteiger partial charge in [0.25, 0.3) is 0 Å². The lowest BCUT2D eigenvalue weighted by atomic mass is 10.1. The fourth-order valence-electron chi connectivity index (χ4n) is 2.05. The molecule has 3 aromatic rings. The predicted molar refractivity (Wildman–Crippen MR) is 80.4 cm³/mol. The highest BCUT2D eigenvalue weighted by atomic mass is 19.1. The highest BCUT2D eigenvalue weighted by Crippen LogP contribution is 2.25. The first-order chi connectivity index (χ1) is 10.3. The molecule has 0 bridgehead atoms. The predicted octanol–water partition coefficient (Wildman–Crippen LogP) is 4.47. The lowest BCUT2D eigenvalue weighted by Gasteiger charge is -2.09. The molecule has 2 nitrogen and oxygen atoms in total. The van der Waals surface area contributed by atoms with Gasteiger partial charge in [0.2, 0.25) is 0 Å². The minimum atomic E-state index is -0.305. The van der Waals surface area contributed by atoms with E-state index in [4.69, 9.17) is 4.74 Å². The number of halogens is 1. The second-order valence-corrected chi connectivity index (χ2v) is 4.63. The van der Waals surface area contributed by atoms with E-state index in [2.05, 4.69) is 4.98 Å². The van der Waals surface area contributed by atoms with Crippen molar-refractivity contribution in [1.29, 1.82) is 0 Å². The molecule has 0 saturated carbocycles. The maximum Gasteiger partial charge on any atom is 0.132 e. The average molecular weight is 279 g/mol. The lowest BCUT2D eigenvalue weighted by molar-refractivity contribution is 0.306. The van der Waals surface area contributed by atoms with Crippen LogP contribution in [0.15, 0.2) is 72.9 Å². The summed E-state index contributed by atoms with van der Waals surface area (Å²) in [5.41, 5.74) is 2.11. The molecule has 21 heavy (non-hydrogen) atoms. The van der Waals surface area contributed by atoms with Crippen LogP contribution in [0, 0.1) is 5.82 Å². The van der Waals surface area contributed by atoms with Gasteiger partial charge in [0.1, 0.15) is 18.2 Å². The molecule has 3 heteroatoms. The van der Waals surface area contributed by atoms with Crippen molar-refractivity contribution in [3.8, 4) is 17.0 Å². The summed E-state index contributed by atoms with van der Waals surface area (Å²) >= 11 is 0. The van der Waals surface area contributed by atoms with Crippen LogP contribution in [0.25, 0.3) is 11.3 Å². The average Bonchev–Trinajstić information content (AvgIpc) is 2.56. The Kier molecular flexibility index (Phi) is 3.92. The van der Waals surface area contributed by atoms with Crippen LogP contribution in [0.5, 0.6) is 5.75 Å². The number of hydrogen-bond donors (Lipinski definition) is 0. The zero-order chi connectivity index (χ0) is 14.5. The molecule has 0 aliphatic carbocycles. The first-order valence-electron chi connectivity index (χ1n) is 6.70. The Morgan fingerprint density at radius 1 is 0.905 bits per heavy atom. The monoisotopic (exact) mass is 279 g/mol. The summed E-state index contributed by atoms with van der Waals surface area (Å²) < 4.78 is 19.6. The molecule has 1 heterocycles. The number of hydrogen-bond acceptors (Lipinski definition) is 2. The summed E-state index contributed by atoms with van der Waals surface area (Å²) in [5, 5.41) is 0. The van der Waals surface area contributed by atoms with Gasteiger partial charge in [0.15, 0.2) is 0 Å². The normalized spacial score (nSPS) is 10.3. The minimum Gasteiger partial charge on any atom is -0.489 e. The molecule has 0 saturated heterocycles. The molecule has 0 radical (unpaired) electrons. The first-order valence-corrected chi connectivity index (χ1v) is 6.70. The number of benzene rings is 2. The van der Waals surface area contributed by atoms with Gasteiger partial charge in [-0.15, -0.1) is 0 Å². The molecule has 0 amide bonds. The zero-order valence-electron chi connectivity index (χ0n) is 11.4. The molecule has 0 unspecified atom stereocenters. The Labute approximate surface area is 122 Å². The Hall–Kier alpha value is -2.68. The number of ether oxygens (including phenoxy) is 1. The van der Waals surface area contributed by atoms with Gasteiger partial charge >= 0.3 is 0 Å². The molecule has 0 atom stereocenters. The maximum atomic E-state index is 13.9. The minimum absolute atomic E-state index is 0.305. The van der Waals surface area contributed by atoms with Gasteiger partial charge in [0.05, 0.1) is 5.69 Å². The van der Waals surface area contributed by atoms with Crippen LogP contribution >= 0.6 is 0 Å². The topological polar surface area (TPSA) is 22.1 Å². The van der Waals surface area contributed by atoms with Crippen LogP contribution in [0.3, 0.4) is 0 Å². The van der Waals surface area contributed by atoms with E-state index in [0.29, 0.717) is 23.6 Å². The smallest absolute Gasteiger partial charge is 0.132 e. The van der Waals surface area contributed by atoms with Crippen LogP contribution in [-0.4, -0.2) is 4.98 Å². The van der Waals surface area contributed by atoms with Crippen molar-refractivity contribution in [1.82, 2.24) is 4.98 Å². The summed E-state index contributed by atoms with van der Waals surface area (Å²) in [5.74, 6) is 0.321. The van der Waals surface area contributed by atoms with Gasteiger partial charge in [-0.05, 0) is 35.9 Å². The van der Waals surface area contributed by atoms with E-state index < -0.39 is 0 Å². The summed E-state index contributed by atoms with van der Waals surface area (Å²) in [6.45, 7) is 0.453. The van der Waals surface area contributed by atoms with Crippen molar-refractivity contribution < 1.29 is 9.13 Å². The van der Waals surface area contributed by atoms with Gasteiger partial charge in [0, 0.05) is 11.8 Å². The molecule has 0 spiro atoms. The molecular weight excluding hydrogens is 265 g/mol. The molecule has 0 N–H and O–H groups in total.